The molecule has 14 heavy (non-hydrogen) atoms. The zero-order valence-corrected chi connectivity index (χ0v) is 8.84. The molecule has 3 nitrogen and oxygen atoms in total. The quantitative estimate of drug-likeness (QED) is 0.714. The summed E-state index contributed by atoms with van der Waals surface area (Å²) in [4.78, 5) is 11.6. The van der Waals surface area contributed by atoms with E-state index in [4.69, 9.17) is 0 Å². The van der Waals surface area contributed by atoms with Crippen molar-refractivity contribution in [2.24, 2.45) is 0 Å². The van der Waals surface area contributed by atoms with Gasteiger partial charge in [0.2, 0.25) is 0 Å². The van der Waals surface area contributed by atoms with Crippen LogP contribution < -0.4 is 5.56 Å². The zero-order valence-electron chi connectivity index (χ0n) is 8.02. The van der Waals surface area contributed by atoms with E-state index >= 15 is 0 Å². The topological polar surface area (TPSA) is 34.9 Å². The maximum absolute atomic E-state index is 11.6. The molecule has 0 saturated heterocycles. The monoisotopic (exact) mass is 206 g/mol. The van der Waals surface area contributed by atoms with Crippen LogP contribution >= 0.6 is 11.7 Å². The van der Waals surface area contributed by atoms with Crippen molar-refractivity contribution in [2.75, 3.05) is 0 Å². The number of aryl methyl sites for hydroxylation is 2. The van der Waals surface area contributed by atoms with Crippen molar-refractivity contribution in [1.82, 2.24) is 8.33 Å². The van der Waals surface area contributed by atoms with Crippen LogP contribution in [0.1, 0.15) is 11.3 Å². The Morgan fingerprint density at radius 3 is 2.36 bits per heavy atom. The van der Waals surface area contributed by atoms with E-state index in [1.165, 1.54) is 17.3 Å². The van der Waals surface area contributed by atoms with Crippen LogP contribution in [0.5, 0.6) is 0 Å². The predicted octanol–water partition coefficient (Wildman–Crippen LogP) is 1.91. The minimum atomic E-state index is -0.0288. The Labute approximate surface area is 86.0 Å². The lowest BCUT2D eigenvalue weighted by Crippen LogP contribution is -2.12. The van der Waals surface area contributed by atoms with Gasteiger partial charge >= 0.3 is 0 Å². The average Bonchev–Trinajstić information content (AvgIpc) is 2.50. The molecule has 0 fully saturated rings. The van der Waals surface area contributed by atoms with Crippen molar-refractivity contribution in [1.29, 1.82) is 0 Å². The first-order chi connectivity index (χ1) is 6.68. The molecular weight excluding hydrogens is 196 g/mol. The number of hydrogen-bond donors (Lipinski definition) is 0. The van der Waals surface area contributed by atoms with Crippen molar-refractivity contribution in [3.8, 4) is 5.69 Å². The molecule has 0 aliphatic rings. The van der Waals surface area contributed by atoms with E-state index in [1.807, 2.05) is 31.2 Å². The average molecular weight is 206 g/mol. The summed E-state index contributed by atoms with van der Waals surface area (Å²) >= 11 is 1.19. The Morgan fingerprint density at radius 1 is 1.21 bits per heavy atom. The summed E-state index contributed by atoms with van der Waals surface area (Å²) in [5.74, 6) is 0. The summed E-state index contributed by atoms with van der Waals surface area (Å²) in [5.41, 5.74) is 2.59. The van der Waals surface area contributed by atoms with Gasteiger partial charge in [-0.15, -0.1) is 0 Å². The Bertz CT molecular complexity index is 496. The smallest absolute Gasteiger partial charge is 0.266 e. The van der Waals surface area contributed by atoms with Gasteiger partial charge in [-0.05, 0) is 26.0 Å². The van der Waals surface area contributed by atoms with Crippen molar-refractivity contribution in [2.45, 2.75) is 13.8 Å². The third-order valence-corrected chi connectivity index (χ3v) is 2.92. The second-order valence-electron chi connectivity index (χ2n) is 3.19. The van der Waals surface area contributed by atoms with Crippen LogP contribution in [0.4, 0.5) is 0 Å². The normalized spacial score (nSPS) is 10.4. The van der Waals surface area contributed by atoms with Crippen LogP contribution in [0.15, 0.2) is 29.1 Å². The van der Waals surface area contributed by atoms with Gasteiger partial charge in [-0.25, -0.2) is 3.96 Å². The molecule has 0 bridgehead atoms. The fraction of sp³-hybridized carbons (Fsp3) is 0.200. The van der Waals surface area contributed by atoms with Gasteiger partial charge in [0.25, 0.3) is 5.56 Å². The predicted molar refractivity (Wildman–Crippen MR) is 57.2 cm³/mol. The number of hydrogen-bond acceptors (Lipinski definition) is 3. The van der Waals surface area contributed by atoms with Crippen LogP contribution in [0, 0.1) is 13.8 Å². The fourth-order valence-electron chi connectivity index (χ4n) is 1.17. The molecule has 4 heteroatoms. The summed E-state index contributed by atoms with van der Waals surface area (Å²) in [6.45, 7) is 3.74. The molecule has 0 amide bonds. The van der Waals surface area contributed by atoms with E-state index in [2.05, 4.69) is 4.37 Å². The van der Waals surface area contributed by atoms with E-state index in [0.717, 1.165) is 5.69 Å². The van der Waals surface area contributed by atoms with Gasteiger partial charge < -0.3 is 0 Å². The van der Waals surface area contributed by atoms with Gasteiger partial charge in [-0.1, -0.05) is 17.7 Å². The van der Waals surface area contributed by atoms with Gasteiger partial charge in [0.15, 0.2) is 0 Å². The molecular formula is C10H10N2OS. The lowest BCUT2D eigenvalue weighted by atomic mass is 10.2. The second-order valence-corrected chi connectivity index (χ2v) is 3.90. The molecule has 1 heterocycles. The standard InChI is InChI=1S/C10H10N2OS/c1-7-3-5-9(6-4-7)12-10(13)8(2)11-14-12/h3-6H,1-2H3. The molecule has 1 aromatic carbocycles. The summed E-state index contributed by atoms with van der Waals surface area (Å²) in [6, 6.07) is 7.82. The van der Waals surface area contributed by atoms with Crippen molar-refractivity contribution in [3.63, 3.8) is 0 Å². The van der Waals surface area contributed by atoms with Gasteiger partial charge in [0.1, 0.15) is 5.69 Å². The van der Waals surface area contributed by atoms with Crippen LogP contribution in [-0.2, 0) is 0 Å². The Balaban J connectivity index is 2.55. The minimum Gasteiger partial charge on any atom is -0.266 e. The summed E-state index contributed by atoms with van der Waals surface area (Å²) in [6.07, 6.45) is 0. The Kier molecular flexibility index (Phi) is 2.21. The maximum atomic E-state index is 11.6. The van der Waals surface area contributed by atoms with E-state index in [1.54, 1.807) is 10.9 Å². The molecule has 2 rings (SSSR count). The largest absolute Gasteiger partial charge is 0.288 e. The molecule has 0 N–H and O–H groups in total. The van der Waals surface area contributed by atoms with Crippen molar-refractivity contribution in [3.05, 3.63) is 45.9 Å². The fourth-order valence-corrected chi connectivity index (χ4v) is 1.87. The van der Waals surface area contributed by atoms with E-state index in [9.17, 15) is 4.79 Å². The molecule has 2 aromatic rings. The number of nitrogens with zero attached hydrogens (tertiary/aromatic N) is 2. The first-order valence-corrected chi connectivity index (χ1v) is 5.04. The molecule has 1 aromatic heterocycles. The van der Waals surface area contributed by atoms with E-state index in [0.29, 0.717) is 5.69 Å². The molecule has 0 unspecified atom stereocenters. The number of benzene rings is 1. The molecule has 0 aliphatic heterocycles. The van der Waals surface area contributed by atoms with Crippen LogP contribution in [0.2, 0.25) is 0 Å². The highest BCUT2D eigenvalue weighted by atomic mass is 32.1. The third kappa shape index (κ3) is 1.48. The van der Waals surface area contributed by atoms with Crippen LogP contribution in [0.3, 0.4) is 0 Å². The molecule has 0 aliphatic carbocycles. The molecule has 0 saturated carbocycles. The van der Waals surface area contributed by atoms with E-state index < -0.39 is 0 Å². The lowest BCUT2D eigenvalue weighted by Gasteiger charge is -1.98. The summed E-state index contributed by atoms with van der Waals surface area (Å²) in [5, 5.41) is 0. The first-order valence-electron chi connectivity index (χ1n) is 4.31. The maximum Gasteiger partial charge on any atom is 0.288 e. The molecule has 72 valence electrons. The van der Waals surface area contributed by atoms with Crippen LogP contribution in [0.25, 0.3) is 5.69 Å². The van der Waals surface area contributed by atoms with Gasteiger partial charge in [0.05, 0.1) is 17.4 Å². The highest BCUT2D eigenvalue weighted by Gasteiger charge is 2.05. The number of rotatable bonds is 1. The Hall–Kier alpha value is -1.42. The highest BCUT2D eigenvalue weighted by molar-refractivity contribution is 7.00. The molecule has 0 atom stereocenters. The van der Waals surface area contributed by atoms with Gasteiger partial charge in [0, 0.05) is 0 Å². The van der Waals surface area contributed by atoms with Gasteiger partial charge in [-0.2, -0.15) is 4.37 Å². The SMILES string of the molecule is Cc1ccc(-n2snc(C)c2=O)cc1. The van der Waals surface area contributed by atoms with Gasteiger partial charge in [-0.3, -0.25) is 4.79 Å². The Morgan fingerprint density at radius 2 is 1.86 bits per heavy atom. The lowest BCUT2D eigenvalue weighted by molar-refractivity contribution is 1.10. The van der Waals surface area contributed by atoms with Crippen LogP contribution in [-0.4, -0.2) is 8.33 Å². The van der Waals surface area contributed by atoms with Crippen molar-refractivity contribution < 1.29 is 0 Å². The minimum absolute atomic E-state index is 0.0288. The first kappa shape index (κ1) is 9.15. The number of aromatic nitrogens is 2. The molecule has 0 spiro atoms. The zero-order chi connectivity index (χ0) is 10.1. The summed E-state index contributed by atoms with van der Waals surface area (Å²) < 4.78 is 5.60. The highest BCUT2D eigenvalue weighted by Crippen LogP contribution is 2.09. The third-order valence-electron chi connectivity index (χ3n) is 2.02. The van der Waals surface area contributed by atoms with Crippen molar-refractivity contribution >= 4 is 11.7 Å². The molecule has 0 radical (unpaired) electrons. The summed E-state index contributed by atoms with van der Waals surface area (Å²) in [7, 11) is 0. The van der Waals surface area contributed by atoms with E-state index in [-0.39, 0.29) is 5.56 Å². The second kappa shape index (κ2) is 3.38.